The number of anilines is 2. The fraction of sp³-hybridized carbons (Fsp3) is 0.368. The first-order valence-electron chi connectivity index (χ1n) is 9.37. The van der Waals surface area contributed by atoms with E-state index in [0.717, 1.165) is 34.3 Å². The number of hydrazine groups is 1. The van der Waals surface area contributed by atoms with Crippen molar-refractivity contribution >= 4 is 28.7 Å². The number of fused-ring (bicyclic) bond motifs is 3. The van der Waals surface area contributed by atoms with E-state index < -0.39 is 23.7 Å². The quantitative estimate of drug-likeness (QED) is 0.366. The fourth-order valence-corrected chi connectivity index (χ4v) is 3.94. The van der Waals surface area contributed by atoms with Gasteiger partial charge in [0.15, 0.2) is 11.2 Å². The first kappa shape index (κ1) is 18.9. The number of aromatic nitrogens is 4. The molecule has 1 amide bonds. The van der Waals surface area contributed by atoms with E-state index >= 15 is 0 Å². The molecule has 2 aromatic heterocycles. The van der Waals surface area contributed by atoms with Crippen LogP contribution in [0.2, 0.25) is 0 Å². The van der Waals surface area contributed by atoms with Crippen LogP contribution in [0.5, 0.6) is 0 Å². The Hall–Kier alpha value is -3.40. The largest absolute Gasteiger partial charge is 0.332 e. The second kappa shape index (κ2) is 6.89. The Morgan fingerprint density at radius 1 is 1.17 bits per heavy atom. The molecule has 0 bridgehead atoms. The summed E-state index contributed by atoms with van der Waals surface area (Å²) in [5.41, 5.74) is 4.66. The average molecular weight is 397 g/mol. The maximum absolute atomic E-state index is 13.1. The van der Waals surface area contributed by atoms with E-state index in [1.54, 1.807) is 7.05 Å². The molecule has 0 atom stereocenters. The summed E-state index contributed by atoms with van der Waals surface area (Å²) in [5, 5.41) is 0. The molecule has 0 aliphatic carbocycles. The van der Waals surface area contributed by atoms with E-state index in [-0.39, 0.29) is 0 Å². The summed E-state index contributed by atoms with van der Waals surface area (Å²) in [6.07, 6.45) is 0.816. The van der Waals surface area contributed by atoms with Crippen molar-refractivity contribution in [2.45, 2.75) is 33.4 Å². The van der Waals surface area contributed by atoms with E-state index in [1.807, 2.05) is 23.8 Å². The molecule has 0 unspecified atom stereocenters. The van der Waals surface area contributed by atoms with E-state index in [0.29, 0.717) is 23.7 Å². The highest BCUT2D eigenvalue weighted by Crippen LogP contribution is 2.31. The molecule has 3 heterocycles. The van der Waals surface area contributed by atoms with Crippen molar-refractivity contribution in [1.29, 1.82) is 0 Å². The molecule has 152 valence electrons. The van der Waals surface area contributed by atoms with Gasteiger partial charge in [0.05, 0.1) is 0 Å². The van der Waals surface area contributed by atoms with Crippen molar-refractivity contribution in [1.82, 2.24) is 24.1 Å². The summed E-state index contributed by atoms with van der Waals surface area (Å²) < 4.78 is 4.01. The third kappa shape index (κ3) is 3.01. The van der Waals surface area contributed by atoms with E-state index in [4.69, 9.17) is 5.84 Å². The molecule has 0 spiro atoms. The fourth-order valence-electron chi connectivity index (χ4n) is 3.94. The Morgan fingerprint density at radius 3 is 2.52 bits per heavy atom. The van der Waals surface area contributed by atoms with Crippen LogP contribution < -0.4 is 27.4 Å². The highest BCUT2D eigenvalue weighted by atomic mass is 16.2. The van der Waals surface area contributed by atoms with E-state index in [2.05, 4.69) is 28.1 Å². The molecular formula is C19H23N7O3. The van der Waals surface area contributed by atoms with Gasteiger partial charge in [-0.15, -0.1) is 0 Å². The van der Waals surface area contributed by atoms with Crippen LogP contribution in [-0.2, 0) is 24.9 Å². The number of aryl methyl sites for hydroxylation is 4. The van der Waals surface area contributed by atoms with Crippen molar-refractivity contribution in [3.8, 4) is 0 Å². The predicted octanol–water partition coefficient (Wildman–Crippen LogP) is 0.0452. The van der Waals surface area contributed by atoms with Crippen LogP contribution in [0.1, 0.15) is 17.5 Å². The molecule has 10 heteroatoms. The lowest BCUT2D eigenvalue weighted by Crippen LogP contribution is -2.45. The van der Waals surface area contributed by atoms with Crippen LogP contribution in [0.3, 0.4) is 0 Å². The molecule has 0 radical (unpaired) electrons. The number of nitrogens with one attached hydrogen (secondary N) is 1. The normalized spacial score (nSPS) is 13.6. The number of nitrogens with zero attached hydrogens (tertiary/aromatic N) is 5. The van der Waals surface area contributed by atoms with Gasteiger partial charge in [-0.05, 0) is 43.5 Å². The minimum absolute atomic E-state index is 0.302. The van der Waals surface area contributed by atoms with Gasteiger partial charge in [-0.1, -0.05) is 6.07 Å². The lowest BCUT2D eigenvalue weighted by Gasteiger charge is -2.29. The Labute approximate surface area is 166 Å². The molecule has 1 aliphatic heterocycles. The van der Waals surface area contributed by atoms with Gasteiger partial charge in [-0.25, -0.2) is 15.2 Å². The van der Waals surface area contributed by atoms with Crippen LogP contribution in [0.15, 0.2) is 27.8 Å². The van der Waals surface area contributed by atoms with Crippen LogP contribution in [0.25, 0.3) is 11.2 Å². The number of amides is 1. The number of hydrogen-bond donors (Lipinski definition) is 2. The maximum Gasteiger partial charge on any atom is 0.332 e. The summed E-state index contributed by atoms with van der Waals surface area (Å²) in [5.74, 6) is 5.11. The van der Waals surface area contributed by atoms with Crippen molar-refractivity contribution in [3.63, 3.8) is 0 Å². The topological polar surface area (TPSA) is 120 Å². The van der Waals surface area contributed by atoms with Crippen molar-refractivity contribution in [2.24, 2.45) is 12.9 Å². The van der Waals surface area contributed by atoms with Crippen molar-refractivity contribution in [3.05, 3.63) is 50.2 Å². The summed E-state index contributed by atoms with van der Waals surface area (Å²) in [6.45, 7) is 4.98. The second-order valence-electron chi connectivity index (χ2n) is 7.39. The van der Waals surface area contributed by atoms with Gasteiger partial charge in [0.25, 0.3) is 11.5 Å². The minimum Gasteiger partial charge on any atom is -0.312 e. The Morgan fingerprint density at radius 2 is 1.86 bits per heavy atom. The van der Waals surface area contributed by atoms with Crippen LogP contribution in [-0.4, -0.2) is 31.1 Å². The molecule has 1 aromatic carbocycles. The van der Waals surface area contributed by atoms with Gasteiger partial charge in [0, 0.05) is 25.8 Å². The summed E-state index contributed by atoms with van der Waals surface area (Å²) in [7, 11) is 1.54. The van der Waals surface area contributed by atoms with Gasteiger partial charge in [-0.2, -0.15) is 4.98 Å². The summed E-state index contributed by atoms with van der Waals surface area (Å²) >= 11 is 0. The lowest BCUT2D eigenvalue weighted by molar-refractivity contribution is -0.121. The highest BCUT2D eigenvalue weighted by Gasteiger charge is 2.27. The number of rotatable bonds is 3. The molecule has 10 nitrogen and oxygen atoms in total. The van der Waals surface area contributed by atoms with E-state index in [1.165, 1.54) is 4.57 Å². The Balaban J connectivity index is 1.96. The second-order valence-corrected chi connectivity index (χ2v) is 7.39. The van der Waals surface area contributed by atoms with Gasteiger partial charge < -0.3 is 9.47 Å². The van der Waals surface area contributed by atoms with Gasteiger partial charge >= 0.3 is 5.69 Å². The molecule has 29 heavy (non-hydrogen) atoms. The Bertz CT molecular complexity index is 1230. The molecule has 0 saturated carbocycles. The van der Waals surface area contributed by atoms with Gasteiger partial charge in [0.2, 0.25) is 5.95 Å². The first-order valence-corrected chi connectivity index (χ1v) is 9.37. The summed E-state index contributed by atoms with van der Waals surface area (Å²) in [6, 6.07) is 6.25. The predicted molar refractivity (Wildman–Crippen MR) is 109 cm³/mol. The number of imidazole rings is 1. The molecule has 0 fully saturated rings. The van der Waals surface area contributed by atoms with Crippen molar-refractivity contribution in [2.75, 3.05) is 11.4 Å². The molecular weight excluding hydrogens is 374 g/mol. The molecule has 0 saturated heterocycles. The zero-order chi connectivity index (χ0) is 20.9. The van der Waals surface area contributed by atoms with Crippen molar-refractivity contribution < 1.29 is 4.79 Å². The zero-order valence-electron chi connectivity index (χ0n) is 16.6. The molecule has 4 rings (SSSR count). The lowest BCUT2D eigenvalue weighted by atomic mass is 10.1. The number of carbonyl (C=O) groups excluding carboxylic acids is 1. The van der Waals surface area contributed by atoms with Crippen LogP contribution in [0, 0.1) is 13.8 Å². The van der Waals surface area contributed by atoms with Crippen LogP contribution in [0.4, 0.5) is 11.6 Å². The van der Waals surface area contributed by atoms with Crippen LogP contribution >= 0.6 is 0 Å². The maximum atomic E-state index is 13.1. The summed E-state index contributed by atoms with van der Waals surface area (Å²) in [4.78, 5) is 44.1. The van der Waals surface area contributed by atoms with Gasteiger partial charge in [-0.3, -0.25) is 19.6 Å². The average Bonchev–Trinajstić information content (AvgIpc) is 3.08. The number of benzene rings is 1. The molecule has 3 N–H and O–H groups in total. The number of carbonyl (C=O) groups is 1. The minimum atomic E-state index is -0.626. The smallest absolute Gasteiger partial charge is 0.312 e. The number of hydrogen-bond acceptors (Lipinski definition) is 6. The highest BCUT2D eigenvalue weighted by molar-refractivity contribution is 5.78. The Kier molecular flexibility index (Phi) is 4.50. The standard InChI is InChI=1S/C19H23N7O3/c1-11-7-12(2)9-13(8-11)24-5-4-6-25-15-16(21-18(24)25)23(3)19(29)26(17(15)28)10-14(27)22-20/h7-9H,4-6,10,20H2,1-3H3,(H,22,27). The SMILES string of the molecule is Cc1cc(C)cc(N2CCCn3c2nc2c3c(=O)n(CC(=O)NN)c(=O)n2C)c1. The zero-order valence-corrected chi connectivity index (χ0v) is 16.6. The monoisotopic (exact) mass is 397 g/mol. The molecule has 1 aliphatic rings. The van der Waals surface area contributed by atoms with E-state index in [9.17, 15) is 14.4 Å². The molecule has 3 aromatic rings. The third-order valence-corrected chi connectivity index (χ3v) is 5.20. The third-order valence-electron chi connectivity index (χ3n) is 5.20. The first-order chi connectivity index (χ1) is 13.8. The van der Waals surface area contributed by atoms with Gasteiger partial charge in [0.1, 0.15) is 6.54 Å². The number of nitrogens with two attached hydrogens (primary N) is 1.